The van der Waals surface area contributed by atoms with Crippen LogP contribution in [-0.4, -0.2) is 14.1 Å². The molecule has 1 heterocycles. The van der Waals surface area contributed by atoms with E-state index in [9.17, 15) is 0 Å². The number of hydrogen-bond acceptors (Lipinski definition) is 3. The summed E-state index contributed by atoms with van der Waals surface area (Å²) in [6, 6.07) is 12.1. The first-order chi connectivity index (χ1) is 9.61. The highest BCUT2D eigenvalue weighted by atomic mass is 127. The molecule has 0 saturated carbocycles. The number of hydrogen-bond donors (Lipinski definition) is 0. The van der Waals surface area contributed by atoms with Crippen LogP contribution >= 0.6 is 22.6 Å². The first-order valence-corrected chi connectivity index (χ1v) is 7.87. The first kappa shape index (κ1) is 14.9. The largest absolute Gasteiger partial charge is 0.378 e. The van der Waals surface area contributed by atoms with E-state index in [2.05, 4.69) is 49.9 Å². The van der Waals surface area contributed by atoms with E-state index >= 15 is 0 Å². The Labute approximate surface area is 133 Å². The SMILES string of the molecule is CN(C)c1ccc(N=Nc2cccc[n+]2C)c(CI)c1. The van der Waals surface area contributed by atoms with Gasteiger partial charge in [-0.25, -0.2) is 4.57 Å². The van der Waals surface area contributed by atoms with Crippen molar-refractivity contribution < 1.29 is 4.57 Å². The maximum absolute atomic E-state index is 4.39. The number of benzene rings is 1. The van der Waals surface area contributed by atoms with Crippen molar-refractivity contribution in [3.8, 4) is 0 Å². The quantitative estimate of drug-likeness (QED) is 0.342. The number of azo groups is 1. The number of anilines is 1. The molecule has 2 rings (SSSR count). The Morgan fingerprint density at radius 1 is 1.15 bits per heavy atom. The van der Waals surface area contributed by atoms with Crippen molar-refractivity contribution in [3.05, 3.63) is 48.2 Å². The van der Waals surface area contributed by atoms with Gasteiger partial charge in [0.15, 0.2) is 0 Å². The molecule has 1 aromatic heterocycles. The van der Waals surface area contributed by atoms with Crippen LogP contribution < -0.4 is 9.47 Å². The Kier molecular flexibility index (Phi) is 5.05. The number of rotatable bonds is 4. The molecule has 0 aliphatic carbocycles. The molecule has 4 nitrogen and oxygen atoms in total. The van der Waals surface area contributed by atoms with Gasteiger partial charge in [0.1, 0.15) is 5.69 Å². The summed E-state index contributed by atoms with van der Waals surface area (Å²) in [5, 5.41) is 8.72. The van der Waals surface area contributed by atoms with Crippen LogP contribution in [0.1, 0.15) is 5.56 Å². The smallest absolute Gasteiger partial charge is 0.350 e. The van der Waals surface area contributed by atoms with Crippen molar-refractivity contribution in [1.29, 1.82) is 0 Å². The van der Waals surface area contributed by atoms with E-state index in [-0.39, 0.29) is 0 Å². The van der Waals surface area contributed by atoms with Gasteiger partial charge in [0.25, 0.3) is 0 Å². The normalized spacial score (nSPS) is 11.0. The summed E-state index contributed by atoms with van der Waals surface area (Å²) < 4.78 is 2.86. The third kappa shape index (κ3) is 3.53. The van der Waals surface area contributed by atoms with Crippen LogP contribution in [0.15, 0.2) is 52.8 Å². The third-order valence-corrected chi connectivity index (χ3v) is 3.83. The molecule has 0 fully saturated rings. The summed E-state index contributed by atoms with van der Waals surface area (Å²) in [4.78, 5) is 2.09. The molecule has 20 heavy (non-hydrogen) atoms. The fourth-order valence-electron chi connectivity index (χ4n) is 1.78. The van der Waals surface area contributed by atoms with Crippen LogP contribution in [0, 0.1) is 0 Å². The number of aromatic nitrogens is 1. The van der Waals surface area contributed by atoms with E-state index in [1.54, 1.807) is 0 Å². The Morgan fingerprint density at radius 2 is 1.95 bits per heavy atom. The predicted molar refractivity (Wildman–Crippen MR) is 90.3 cm³/mol. The molecule has 5 heteroatoms. The van der Waals surface area contributed by atoms with Crippen molar-refractivity contribution in [2.45, 2.75) is 4.43 Å². The van der Waals surface area contributed by atoms with Crippen LogP contribution in [0.4, 0.5) is 17.2 Å². The highest BCUT2D eigenvalue weighted by molar-refractivity contribution is 14.1. The van der Waals surface area contributed by atoms with E-state index in [0.717, 1.165) is 15.9 Å². The molecule has 0 saturated heterocycles. The first-order valence-electron chi connectivity index (χ1n) is 6.34. The lowest BCUT2D eigenvalue weighted by molar-refractivity contribution is -0.658. The average Bonchev–Trinajstić information content (AvgIpc) is 2.46. The Morgan fingerprint density at radius 3 is 2.60 bits per heavy atom. The lowest BCUT2D eigenvalue weighted by Gasteiger charge is -2.13. The van der Waals surface area contributed by atoms with Crippen molar-refractivity contribution in [3.63, 3.8) is 0 Å². The number of aryl methyl sites for hydroxylation is 1. The average molecular weight is 381 g/mol. The van der Waals surface area contributed by atoms with Crippen molar-refractivity contribution >= 4 is 39.8 Å². The molecule has 0 radical (unpaired) electrons. The van der Waals surface area contributed by atoms with Crippen LogP contribution in [0.5, 0.6) is 0 Å². The van der Waals surface area contributed by atoms with Crippen LogP contribution in [0.3, 0.4) is 0 Å². The topological polar surface area (TPSA) is 31.8 Å². The van der Waals surface area contributed by atoms with Gasteiger partial charge in [-0.1, -0.05) is 28.7 Å². The van der Waals surface area contributed by atoms with Gasteiger partial charge in [0.05, 0.1) is 18.4 Å². The summed E-state index contributed by atoms with van der Waals surface area (Å²) in [6.45, 7) is 0. The maximum atomic E-state index is 4.39. The maximum Gasteiger partial charge on any atom is 0.350 e. The summed E-state index contributed by atoms with van der Waals surface area (Å²) >= 11 is 2.35. The Balaban J connectivity index is 2.32. The van der Waals surface area contributed by atoms with Gasteiger partial charge >= 0.3 is 5.82 Å². The van der Waals surface area contributed by atoms with Gasteiger partial charge in [-0.2, -0.15) is 0 Å². The zero-order chi connectivity index (χ0) is 14.5. The van der Waals surface area contributed by atoms with Gasteiger partial charge < -0.3 is 4.90 Å². The summed E-state index contributed by atoms with van der Waals surface area (Å²) in [5.41, 5.74) is 3.30. The molecule has 2 aromatic rings. The van der Waals surface area contributed by atoms with Crippen molar-refractivity contribution in [2.24, 2.45) is 17.3 Å². The van der Waals surface area contributed by atoms with Gasteiger partial charge in [0.2, 0.25) is 0 Å². The van der Waals surface area contributed by atoms with Crippen LogP contribution in [0.2, 0.25) is 0 Å². The standard InChI is InChI=1S/C15H18IN4/c1-19(2)13-7-8-14(12(10-13)11-16)17-18-15-6-4-5-9-20(15)3/h4-10H,11H2,1-3H3/q+1. The van der Waals surface area contributed by atoms with Gasteiger partial charge in [-0.05, 0) is 34.9 Å². The summed E-state index contributed by atoms with van der Waals surface area (Å²) in [5.74, 6) is 0.837. The fraction of sp³-hybridized carbons (Fsp3) is 0.267. The second-order valence-corrected chi connectivity index (χ2v) is 5.47. The van der Waals surface area contributed by atoms with Crippen molar-refractivity contribution in [2.75, 3.05) is 19.0 Å². The lowest BCUT2D eigenvalue weighted by atomic mass is 10.2. The summed E-state index contributed by atoms with van der Waals surface area (Å²) in [6.07, 6.45) is 1.96. The summed E-state index contributed by atoms with van der Waals surface area (Å²) in [7, 11) is 6.04. The fourth-order valence-corrected chi connectivity index (χ4v) is 2.39. The minimum Gasteiger partial charge on any atom is -0.378 e. The van der Waals surface area contributed by atoms with E-state index < -0.39 is 0 Å². The molecular formula is C15H18IN4+. The predicted octanol–water partition coefficient (Wildman–Crippen LogP) is 3.93. The molecule has 0 amide bonds. The van der Waals surface area contributed by atoms with E-state index in [1.807, 2.05) is 56.2 Å². The second-order valence-electron chi connectivity index (χ2n) is 4.71. The lowest BCUT2D eigenvalue weighted by Crippen LogP contribution is -2.26. The van der Waals surface area contributed by atoms with E-state index in [0.29, 0.717) is 0 Å². The zero-order valence-corrected chi connectivity index (χ0v) is 14.1. The highest BCUT2D eigenvalue weighted by Crippen LogP contribution is 2.27. The number of pyridine rings is 1. The Hall–Kier alpha value is -1.50. The number of alkyl halides is 1. The van der Waals surface area contributed by atoms with Gasteiger partial charge in [-0.15, -0.1) is 0 Å². The molecule has 0 aliphatic rings. The van der Waals surface area contributed by atoms with Crippen molar-refractivity contribution in [1.82, 2.24) is 0 Å². The molecule has 0 aliphatic heterocycles. The van der Waals surface area contributed by atoms with Crippen LogP contribution in [-0.2, 0) is 11.5 Å². The molecule has 1 aromatic carbocycles. The zero-order valence-electron chi connectivity index (χ0n) is 11.9. The van der Waals surface area contributed by atoms with E-state index in [4.69, 9.17) is 0 Å². The molecular weight excluding hydrogens is 363 g/mol. The van der Waals surface area contributed by atoms with E-state index in [1.165, 1.54) is 11.3 Å². The molecule has 0 unspecified atom stereocenters. The molecule has 104 valence electrons. The molecule has 0 bridgehead atoms. The second kappa shape index (κ2) is 6.78. The molecule has 0 atom stereocenters. The van der Waals surface area contributed by atoms with Gasteiger partial charge in [-0.3, -0.25) is 0 Å². The minimum atomic E-state index is 0.837. The van der Waals surface area contributed by atoms with Crippen LogP contribution in [0.25, 0.3) is 0 Å². The third-order valence-electron chi connectivity index (χ3n) is 3.01. The monoisotopic (exact) mass is 381 g/mol. The highest BCUT2D eigenvalue weighted by Gasteiger charge is 2.08. The number of halogens is 1. The Bertz CT molecular complexity index is 623. The van der Waals surface area contributed by atoms with Gasteiger partial charge in [0, 0.05) is 30.3 Å². The minimum absolute atomic E-state index is 0.837. The molecule has 0 spiro atoms. The number of nitrogens with zero attached hydrogens (tertiary/aromatic N) is 4. The molecule has 0 N–H and O–H groups in total.